The number of amidine groups is 1. The molecule has 25 heavy (non-hydrogen) atoms. The molecule has 2 rings (SSSR count). The molecule has 0 aliphatic heterocycles. The van der Waals surface area contributed by atoms with Crippen molar-refractivity contribution in [3.63, 3.8) is 0 Å². The highest BCUT2D eigenvalue weighted by atomic mass is 16.4. The van der Waals surface area contributed by atoms with Crippen LogP contribution < -0.4 is 11.1 Å². The molecule has 0 saturated carbocycles. The lowest BCUT2D eigenvalue weighted by atomic mass is 9.94. The summed E-state index contributed by atoms with van der Waals surface area (Å²) in [7, 11) is 0. The molecule has 6 nitrogen and oxygen atoms in total. The van der Waals surface area contributed by atoms with E-state index in [1.165, 1.54) is 0 Å². The Bertz CT molecular complexity index is 813. The van der Waals surface area contributed by atoms with Gasteiger partial charge < -0.3 is 15.5 Å². The van der Waals surface area contributed by atoms with Crippen molar-refractivity contribution in [3.05, 3.63) is 53.0 Å². The van der Waals surface area contributed by atoms with Crippen LogP contribution in [0.4, 0.5) is 5.69 Å². The third-order valence-corrected chi connectivity index (χ3v) is 3.78. The van der Waals surface area contributed by atoms with Gasteiger partial charge in [-0.15, -0.1) is 0 Å². The first-order chi connectivity index (χ1) is 11.8. The van der Waals surface area contributed by atoms with Crippen LogP contribution in [0.1, 0.15) is 48.2 Å². The average molecular weight is 340 g/mol. The summed E-state index contributed by atoms with van der Waals surface area (Å²) in [5.74, 6) is 1.17. The lowest BCUT2D eigenvalue weighted by Crippen LogP contribution is -2.14. The minimum atomic E-state index is -0.306. The fourth-order valence-electron chi connectivity index (χ4n) is 2.37. The summed E-state index contributed by atoms with van der Waals surface area (Å²) >= 11 is 0. The molecule has 0 radical (unpaired) electrons. The van der Waals surface area contributed by atoms with Crippen molar-refractivity contribution < 1.29 is 9.21 Å². The van der Waals surface area contributed by atoms with E-state index in [-0.39, 0.29) is 23.8 Å². The molecule has 0 aliphatic carbocycles. The van der Waals surface area contributed by atoms with Gasteiger partial charge in [-0.1, -0.05) is 32.9 Å². The molecule has 1 amide bonds. The minimum absolute atomic E-state index is 0.117. The number of carbonyl (C=O) groups is 1. The Balaban J connectivity index is 2.29. The fourth-order valence-corrected chi connectivity index (χ4v) is 2.37. The van der Waals surface area contributed by atoms with Crippen molar-refractivity contribution in [2.24, 2.45) is 15.7 Å². The van der Waals surface area contributed by atoms with Gasteiger partial charge >= 0.3 is 0 Å². The number of nitrogens with zero attached hydrogens (tertiary/aromatic N) is 2. The van der Waals surface area contributed by atoms with Crippen LogP contribution in [0.3, 0.4) is 0 Å². The van der Waals surface area contributed by atoms with Crippen molar-refractivity contribution in [3.8, 4) is 0 Å². The van der Waals surface area contributed by atoms with Gasteiger partial charge in [-0.3, -0.25) is 9.79 Å². The number of hydrogen-bond acceptors (Lipinski definition) is 4. The van der Waals surface area contributed by atoms with Crippen molar-refractivity contribution in [2.45, 2.75) is 33.1 Å². The second-order valence-electron chi connectivity index (χ2n) is 6.67. The van der Waals surface area contributed by atoms with Crippen LogP contribution in [0.5, 0.6) is 0 Å². The molecular formula is C19H24N4O2. The first-order valence-electron chi connectivity index (χ1n) is 8.00. The molecule has 0 saturated heterocycles. The first-order valence-corrected chi connectivity index (χ1v) is 8.00. The van der Waals surface area contributed by atoms with Gasteiger partial charge in [0.05, 0.1) is 6.67 Å². The Hall–Kier alpha value is -2.73. The van der Waals surface area contributed by atoms with Crippen molar-refractivity contribution in [1.29, 1.82) is 0 Å². The zero-order valence-electron chi connectivity index (χ0n) is 15.1. The highest BCUT2D eigenvalue weighted by Crippen LogP contribution is 2.25. The van der Waals surface area contributed by atoms with E-state index in [0.717, 1.165) is 16.9 Å². The molecule has 0 unspecified atom stereocenters. The number of aliphatic imine (C=N–C) groups is 2. The highest BCUT2D eigenvalue weighted by Gasteiger charge is 2.21. The van der Waals surface area contributed by atoms with Gasteiger partial charge in [-0.05, 0) is 37.4 Å². The van der Waals surface area contributed by atoms with Gasteiger partial charge in [0.2, 0.25) is 0 Å². The van der Waals surface area contributed by atoms with Gasteiger partial charge in [0, 0.05) is 16.7 Å². The molecule has 1 aromatic carbocycles. The van der Waals surface area contributed by atoms with Crippen LogP contribution >= 0.6 is 0 Å². The zero-order valence-corrected chi connectivity index (χ0v) is 15.1. The SMILES string of the molecule is C=N/C(=N\CN)c1cccc(NC(=O)c2ccc(C(C)(C)C)o2)c1C. The second kappa shape index (κ2) is 7.44. The summed E-state index contributed by atoms with van der Waals surface area (Å²) in [5, 5.41) is 2.87. The maximum absolute atomic E-state index is 12.5. The molecular weight excluding hydrogens is 316 g/mol. The smallest absolute Gasteiger partial charge is 0.291 e. The monoisotopic (exact) mass is 340 g/mol. The Kier molecular flexibility index (Phi) is 5.54. The van der Waals surface area contributed by atoms with Crippen molar-refractivity contribution >= 4 is 24.1 Å². The lowest BCUT2D eigenvalue weighted by Gasteiger charge is -2.14. The van der Waals surface area contributed by atoms with E-state index < -0.39 is 0 Å². The quantitative estimate of drug-likeness (QED) is 0.659. The average Bonchev–Trinajstić information content (AvgIpc) is 3.05. The maximum Gasteiger partial charge on any atom is 0.291 e. The number of carbonyl (C=O) groups excluding carboxylic acids is 1. The van der Waals surface area contributed by atoms with Crippen LogP contribution in [0.25, 0.3) is 0 Å². The summed E-state index contributed by atoms with van der Waals surface area (Å²) in [6.07, 6.45) is 0. The molecule has 3 N–H and O–H groups in total. The minimum Gasteiger partial charge on any atom is -0.455 e. The molecule has 2 aromatic rings. The van der Waals surface area contributed by atoms with Gasteiger partial charge in [0.25, 0.3) is 5.91 Å². The Labute approximate surface area is 147 Å². The second-order valence-corrected chi connectivity index (χ2v) is 6.67. The number of hydrogen-bond donors (Lipinski definition) is 2. The molecule has 6 heteroatoms. The van der Waals surface area contributed by atoms with Crippen molar-refractivity contribution in [1.82, 2.24) is 0 Å². The number of furan rings is 1. The van der Waals surface area contributed by atoms with E-state index in [1.807, 2.05) is 52.0 Å². The standard InChI is InChI=1S/C19H24N4O2/c1-12-13(17(21-5)22-11-20)7-6-8-14(12)23-18(24)15-9-10-16(25-15)19(2,3)4/h6-10H,5,11,20H2,1-4H3,(H,23,24)/b22-17-. The fraction of sp³-hybridized carbons (Fsp3) is 0.316. The van der Waals surface area contributed by atoms with Crippen LogP contribution in [-0.2, 0) is 5.41 Å². The van der Waals surface area contributed by atoms with E-state index in [0.29, 0.717) is 11.5 Å². The number of rotatable bonds is 4. The summed E-state index contributed by atoms with van der Waals surface area (Å²) < 4.78 is 5.68. The lowest BCUT2D eigenvalue weighted by molar-refractivity contribution is 0.0993. The molecule has 0 fully saturated rings. The Morgan fingerprint density at radius 2 is 2.00 bits per heavy atom. The number of nitrogens with two attached hydrogens (primary N) is 1. The van der Waals surface area contributed by atoms with Gasteiger partial charge in [0.1, 0.15) is 5.76 Å². The Morgan fingerprint density at radius 1 is 1.28 bits per heavy atom. The molecule has 132 valence electrons. The predicted molar refractivity (Wildman–Crippen MR) is 102 cm³/mol. The van der Waals surface area contributed by atoms with E-state index in [9.17, 15) is 4.79 Å². The van der Waals surface area contributed by atoms with Crippen LogP contribution in [0, 0.1) is 6.92 Å². The third-order valence-electron chi connectivity index (χ3n) is 3.78. The molecule has 0 atom stereocenters. The highest BCUT2D eigenvalue weighted by molar-refractivity contribution is 6.06. The number of nitrogens with one attached hydrogen (secondary N) is 1. The summed E-state index contributed by atoms with van der Waals surface area (Å²) in [6.45, 7) is 11.6. The maximum atomic E-state index is 12.5. The molecule has 0 bridgehead atoms. The molecule has 1 heterocycles. The third kappa shape index (κ3) is 4.22. The zero-order chi connectivity index (χ0) is 18.6. The van der Waals surface area contributed by atoms with E-state index in [4.69, 9.17) is 10.2 Å². The molecule has 1 aromatic heterocycles. The Morgan fingerprint density at radius 3 is 2.56 bits per heavy atom. The topological polar surface area (TPSA) is 93.0 Å². The van der Waals surface area contributed by atoms with Crippen LogP contribution in [0.2, 0.25) is 0 Å². The van der Waals surface area contributed by atoms with Crippen LogP contribution in [0.15, 0.2) is 44.7 Å². The normalized spacial score (nSPS) is 12.1. The number of amides is 1. The summed E-state index contributed by atoms with van der Waals surface area (Å²) in [5.41, 5.74) is 7.57. The van der Waals surface area contributed by atoms with Gasteiger partial charge in [0.15, 0.2) is 11.6 Å². The van der Waals surface area contributed by atoms with Gasteiger partial charge in [-0.25, -0.2) is 4.99 Å². The number of anilines is 1. The first kappa shape index (κ1) is 18.6. The van der Waals surface area contributed by atoms with Crippen molar-refractivity contribution in [2.75, 3.05) is 12.0 Å². The van der Waals surface area contributed by atoms with Gasteiger partial charge in [-0.2, -0.15) is 0 Å². The molecule has 0 spiro atoms. The summed E-state index contributed by atoms with van der Waals surface area (Å²) in [4.78, 5) is 20.5. The predicted octanol–water partition coefficient (Wildman–Crippen LogP) is 3.50. The summed E-state index contributed by atoms with van der Waals surface area (Å²) in [6, 6.07) is 9.00. The van der Waals surface area contributed by atoms with Crippen LogP contribution in [-0.4, -0.2) is 25.1 Å². The van der Waals surface area contributed by atoms with E-state index in [2.05, 4.69) is 22.0 Å². The largest absolute Gasteiger partial charge is 0.455 e. The van der Waals surface area contributed by atoms with E-state index >= 15 is 0 Å². The van der Waals surface area contributed by atoms with E-state index in [1.54, 1.807) is 6.07 Å². The number of benzene rings is 1. The molecule has 0 aliphatic rings.